The van der Waals surface area contributed by atoms with Gasteiger partial charge in [0.2, 0.25) is 0 Å². The maximum Gasteiger partial charge on any atom is 0.514 e. The first-order valence-electron chi connectivity index (χ1n) is 7.00. The van der Waals surface area contributed by atoms with Crippen LogP contribution in [0.5, 0.6) is 5.75 Å². The Morgan fingerprint density at radius 2 is 2.09 bits per heavy atom. The summed E-state index contributed by atoms with van der Waals surface area (Å²) in [6, 6.07) is 2.64. The Kier molecular flexibility index (Phi) is 4.86. The van der Waals surface area contributed by atoms with Crippen molar-refractivity contribution in [3.63, 3.8) is 0 Å². The molecule has 0 N–H and O–H groups in total. The standard InChI is InChI=1S/C16H17ClFNO3/c1-5-13-9(4)15(22-16(20)21-8(2)3)10-6-12(18)11(17)7-14(10)19-13/h6-8H,5H2,1-4H3. The van der Waals surface area contributed by atoms with Crippen LogP contribution in [0.4, 0.5) is 9.18 Å². The molecular weight excluding hydrogens is 309 g/mol. The summed E-state index contributed by atoms with van der Waals surface area (Å²) in [4.78, 5) is 16.2. The zero-order chi connectivity index (χ0) is 16.4. The predicted molar refractivity (Wildman–Crippen MR) is 83.1 cm³/mol. The summed E-state index contributed by atoms with van der Waals surface area (Å²) in [6.45, 7) is 7.14. The van der Waals surface area contributed by atoms with Crippen LogP contribution in [0, 0.1) is 12.7 Å². The summed E-state index contributed by atoms with van der Waals surface area (Å²) in [6.07, 6.45) is -0.493. The molecule has 0 bridgehead atoms. The lowest BCUT2D eigenvalue weighted by Crippen LogP contribution is -2.16. The highest BCUT2D eigenvalue weighted by molar-refractivity contribution is 6.31. The Hall–Kier alpha value is -1.88. The number of pyridine rings is 1. The number of benzene rings is 1. The highest BCUT2D eigenvalue weighted by atomic mass is 35.5. The maximum absolute atomic E-state index is 13.8. The van der Waals surface area contributed by atoms with Crippen molar-refractivity contribution in [2.75, 3.05) is 0 Å². The molecule has 0 saturated carbocycles. The van der Waals surface area contributed by atoms with Gasteiger partial charge < -0.3 is 9.47 Å². The molecular formula is C16H17ClFNO3. The first-order chi connectivity index (χ1) is 10.3. The second-order valence-electron chi connectivity index (χ2n) is 5.17. The lowest BCUT2D eigenvalue weighted by molar-refractivity contribution is 0.0731. The van der Waals surface area contributed by atoms with Gasteiger partial charge in [0.15, 0.2) is 0 Å². The summed E-state index contributed by atoms with van der Waals surface area (Å²) < 4.78 is 24.0. The number of aromatic nitrogens is 1. The van der Waals surface area contributed by atoms with Gasteiger partial charge >= 0.3 is 6.16 Å². The van der Waals surface area contributed by atoms with E-state index < -0.39 is 12.0 Å². The van der Waals surface area contributed by atoms with Crippen LogP contribution in [0.1, 0.15) is 32.0 Å². The van der Waals surface area contributed by atoms with Crippen LogP contribution in [-0.2, 0) is 11.2 Å². The van der Waals surface area contributed by atoms with Crippen molar-refractivity contribution in [1.29, 1.82) is 0 Å². The molecule has 4 nitrogen and oxygen atoms in total. The van der Waals surface area contributed by atoms with Crippen molar-refractivity contribution in [2.24, 2.45) is 0 Å². The average molecular weight is 326 g/mol. The summed E-state index contributed by atoms with van der Waals surface area (Å²) in [5, 5.41) is 0.360. The van der Waals surface area contributed by atoms with Gasteiger partial charge in [-0.2, -0.15) is 0 Å². The number of nitrogens with zero attached hydrogens (tertiary/aromatic N) is 1. The first kappa shape index (κ1) is 16.5. The predicted octanol–water partition coefficient (Wildman–Crippen LogP) is 4.82. The van der Waals surface area contributed by atoms with Gasteiger partial charge in [0.25, 0.3) is 0 Å². The number of halogens is 2. The lowest BCUT2D eigenvalue weighted by Gasteiger charge is -2.15. The molecule has 0 radical (unpaired) electrons. The van der Waals surface area contributed by atoms with Gasteiger partial charge in [0.1, 0.15) is 11.6 Å². The summed E-state index contributed by atoms with van der Waals surface area (Å²) >= 11 is 5.80. The van der Waals surface area contributed by atoms with E-state index in [1.807, 2.05) is 6.92 Å². The number of rotatable bonds is 3. The van der Waals surface area contributed by atoms with E-state index in [0.717, 1.165) is 5.69 Å². The first-order valence-corrected chi connectivity index (χ1v) is 7.38. The minimum Gasteiger partial charge on any atom is -0.431 e. The van der Waals surface area contributed by atoms with E-state index in [1.165, 1.54) is 12.1 Å². The fourth-order valence-electron chi connectivity index (χ4n) is 2.15. The molecule has 2 rings (SSSR count). The number of hydrogen-bond acceptors (Lipinski definition) is 4. The van der Waals surface area contributed by atoms with E-state index in [9.17, 15) is 9.18 Å². The Morgan fingerprint density at radius 1 is 1.41 bits per heavy atom. The molecule has 6 heteroatoms. The van der Waals surface area contributed by atoms with Crippen molar-refractivity contribution in [2.45, 2.75) is 40.2 Å². The number of ether oxygens (including phenoxy) is 2. The van der Waals surface area contributed by atoms with Gasteiger partial charge in [-0.15, -0.1) is 0 Å². The van der Waals surface area contributed by atoms with Gasteiger partial charge in [0, 0.05) is 16.6 Å². The van der Waals surface area contributed by atoms with Gasteiger partial charge in [-0.1, -0.05) is 18.5 Å². The largest absolute Gasteiger partial charge is 0.514 e. The van der Waals surface area contributed by atoms with Crippen LogP contribution in [-0.4, -0.2) is 17.2 Å². The van der Waals surface area contributed by atoms with Crippen LogP contribution in [0.2, 0.25) is 5.02 Å². The van der Waals surface area contributed by atoms with E-state index in [0.29, 0.717) is 22.9 Å². The Balaban J connectivity index is 2.60. The zero-order valence-corrected chi connectivity index (χ0v) is 13.6. The fourth-order valence-corrected chi connectivity index (χ4v) is 2.31. The number of carbonyl (C=O) groups excluding carboxylic acids is 1. The fraction of sp³-hybridized carbons (Fsp3) is 0.375. The van der Waals surface area contributed by atoms with Crippen LogP contribution in [0.3, 0.4) is 0 Å². The number of aryl methyl sites for hydroxylation is 1. The monoisotopic (exact) mass is 325 g/mol. The summed E-state index contributed by atoms with van der Waals surface area (Å²) in [5.41, 5.74) is 1.90. The van der Waals surface area contributed by atoms with Gasteiger partial charge in [-0.3, -0.25) is 4.98 Å². The molecule has 2 aromatic rings. The molecule has 22 heavy (non-hydrogen) atoms. The molecule has 0 aliphatic carbocycles. The van der Waals surface area contributed by atoms with E-state index in [-0.39, 0.29) is 16.9 Å². The molecule has 0 spiro atoms. The summed E-state index contributed by atoms with van der Waals surface area (Å²) in [5.74, 6) is -0.343. The molecule has 0 aliphatic heterocycles. The molecule has 1 aromatic carbocycles. The molecule has 0 amide bonds. The number of hydrogen-bond donors (Lipinski definition) is 0. The molecule has 0 unspecified atom stereocenters. The topological polar surface area (TPSA) is 48.4 Å². The molecule has 0 saturated heterocycles. The van der Waals surface area contributed by atoms with E-state index in [2.05, 4.69) is 4.98 Å². The van der Waals surface area contributed by atoms with Gasteiger partial charge in [-0.05, 0) is 39.3 Å². The highest BCUT2D eigenvalue weighted by Gasteiger charge is 2.18. The Morgan fingerprint density at radius 3 is 2.68 bits per heavy atom. The van der Waals surface area contributed by atoms with E-state index >= 15 is 0 Å². The van der Waals surface area contributed by atoms with Gasteiger partial charge in [-0.25, -0.2) is 9.18 Å². The molecule has 0 fully saturated rings. The average Bonchev–Trinajstić information content (AvgIpc) is 2.43. The highest BCUT2D eigenvalue weighted by Crippen LogP contribution is 2.33. The van der Waals surface area contributed by atoms with Crippen molar-refractivity contribution in [1.82, 2.24) is 4.98 Å². The minimum absolute atomic E-state index is 0.0263. The smallest absolute Gasteiger partial charge is 0.431 e. The third kappa shape index (κ3) is 3.30. The van der Waals surface area contributed by atoms with Crippen molar-refractivity contribution >= 4 is 28.7 Å². The SMILES string of the molecule is CCc1nc2cc(Cl)c(F)cc2c(OC(=O)OC(C)C)c1C. The van der Waals surface area contributed by atoms with Crippen LogP contribution in [0.25, 0.3) is 10.9 Å². The maximum atomic E-state index is 13.8. The molecule has 1 aromatic heterocycles. The van der Waals surface area contributed by atoms with Crippen molar-refractivity contribution < 1.29 is 18.7 Å². The zero-order valence-electron chi connectivity index (χ0n) is 12.9. The molecule has 118 valence electrons. The quantitative estimate of drug-likeness (QED) is 0.759. The summed E-state index contributed by atoms with van der Waals surface area (Å²) in [7, 11) is 0. The third-order valence-corrected chi connectivity index (χ3v) is 3.45. The van der Waals surface area contributed by atoms with E-state index in [4.69, 9.17) is 21.1 Å². The molecule has 0 atom stereocenters. The minimum atomic E-state index is -0.831. The second kappa shape index (κ2) is 6.48. The van der Waals surface area contributed by atoms with E-state index in [1.54, 1.807) is 20.8 Å². The van der Waals surface area contributed by atoms with Crippen molar-refractivity contribution in [3.05, 3.63) is 34.2 Å². The lowest BCUT2D eigenvalue weighted by atomic mass is 10.1. The van der Waals surface area contributed by atoms with Crippen LogP contribution < -0.4 is 4.74 Å². The number of fused-ring (bicyclic) bond motifs is 1. The van der Waals surface area contributed by atoms with Gasteiger partial charge in [0.05, 0.1) is 16.6 Å². The second-order valence-corrected chi connectivity index (χ2v) is 5.58. The van der Waals surface area contributed by atoms with Crippen LogP contribution in [0.15, 0.2) is 12.1 Å². The Bertz CT molecular complexity index is 731. The molecule has 1 heterocycles. The third-order valence-electron chi connectivity index (χ3n) is 3.16. The van der Waals surface area contributed by atoms with Crippen LogP contribution >= 0.6 is 11.6 Å². The number of carbonyl (C=O) groups is 1. The molecule has 0 aliphatic rings. The normalized spacial score (nSPS) is 11.0. The van der Waals surface area contributed by atoms with Crippen molar-refractivity contribution in [3.8, 4) is 5.75 Å². The Labute approximate surface area is 133 Å².